The molecule has 352 valence electrons. The minimum absolute atomic E-state index is 0.0142. The predicted octanol–water partition coefficient (Wildman–Crippen LogP) is -3.99. The molecule has 0 aliphatic rings. The average Bonchev–Trinajstić information content (AvgIpc) is 3.67. The van der Waals surface area contributed by atoms with Crippen LogP contribution in [0.25, 0.3) is 10.9 Å². The van der Waals surface area contributed by atoms with Gasteiger partial charge in [-0.15, -0.1) is 0 Å². The Morgan fingerprint density at radius 1 is 0.587 bits per heavy atom. The normalized spacial score (nSPS) is 14.5. The molecule has 7 atom stereocenters. The van der Waals surface area contributed by atoms with Crippen molar-refractivity contribution < 1.29 is 43.5 Å². The van der Waals surface area contributed by atoms with Crippen LogP contribution < -0.4 is 66.3 Å². The van der Waals surface area contributed by atoms with E-state index < -0.39 is 96.2 Å². The molecule has 2 rings (SSSR count). The molecular formula is C40H67N13O9S. The van der Waals surface area contributed by atoms with Crippen LogP contribution >= 0.6 is 12.6 Å². The van der Waals surface area contributed by atoms with E-state index in [4.69, 9.17) is 34.4 Å². The van der Waals surface area contributed by atoms with E-state index in [1.54, 1.807) is 12.3 Å². The number of aliphatic hydroxyl groups is 1. The van der Waals surface area contributed by atoms with Gasteiger partial charge in [-0.2, -0.15) is 12.6 Å². The van der Waals surface area contributed by atoms with Gasteiger partial charge >= 0.3 is 0 Å². The summed E-state index contributed by atoms with van der Waals surface area (Å²) < 4.78 is 0. The number of para-hydroxylation sites is 1. The molecule has 0 aliphatic heterocycles. The number of H-pyrrole nitrogens is 1. The fraction of sp³-hybridized carbons (Fsp3) is 0.600. The molecule has 0 saturated carbocycles. The van der Waals surface area contributed by atoms with Gasteiger partial charge in [-0.05, 0) is 95.5 Å². The number of nitrogens with one attached hydrogen (secondary N) is 7. The SMILES string of the molecule is NCCCC[C@H](NC(=O)[C@H](CCC(N)=O)NC(=O)[C@H](CCCCN)NC(=O)[C@H](CCCCN)NC(=O)[C@@H](N)CS)C(=O)N[C@@H](Cc1c[nH]c2ccccc12)C(=O)N[C@@H](CO)C(N)=O. The topological polar surface area (TPSA) is 401 Å². The van der Waals surface area contributed by atoms with Crippen molar-refractivity contribution in [1.29, 1.82) is 0 Å². The van der Waals surface area contributed by atoms with E-state index in [9.17, 15) is 43.5 Å². The predicted molar refractivity (Wildman–Crippen MR) is 239 cm³/mol. The van der Waals surface area contributed by atoms with Crippen molar-refractivity contribution >= 4 is 70.8 Å². The van der Waals surface area contributed by atoms with Gasteiger partial charge in [0.05, 0.1) is 12.6 Å². The van der Waals surface area contributed by atoms with Gasteiger partial charge in [0.15, 0.2) is 0 Å². The van der Waals surface area contributed by atoms with Crippen LogP contribution in [0.1, 0.15) is 76.2 Å². The maximum atomic E-state index is 14.1. The second-order valence-corrected chi connectivity index (χ2v) is 15.5. The zero-order valence-electron chi connectivity index (χ0n) is 35.6. The lowest BCUT2D eigenvalue weighted by atomic mass is 10.0. The van der Waals surface area contributed by atoms with Crippen molar-refractivity contribution in [3.05, 3.63) is 36.0 Å². The number of rotatable bonds is 32. The number of aromatic nitrogens is 1. The number of aromatic amines is 1. The van der Waals surface area contributed by atoms with Crippen LogP contribution in [0.2, 0.25) is 0 Å². The third-order valence-corrected chi connectivity index (χ3v) is 10.6. The molecule has 1 aromatic carbocycles. The van der Waals surface area contributed by atoms with Gasteiger partial charge in [0, 0.05) is 35.7 Å². The molecule has 0 aliphatic carbocycles. The largest absolute Gasteiger partial charge is 0.394 e. The number of fused-ring (bicyclic) bond motifs is 1. The summed E-state index contributed by atoms with van der Waals surface area (Å²) in [5.41, 5.74) is 35.0. The van der Waals surface area contributed by atoms with Gasteiger partial charge in [-0.1, -0.05) is 18.2 Å². The van der Waals surface area contributed by atoms with Crippen molar-refractivity contribution in [2.45, 2.75) is 119 Å². The number of thiol groups is 1. The summed E-state index contributed by atoms with van der Waals surface area (Å²) in [7, 11) is 0. The molecule has 0 spiro atoms. The van der Waals surface area contributed by atoms with Crippen LogP contribution in [0.3, 0.4) is 0 Å². The number of aliphatic hydroxyl groups excluding tert-OH is 1. The maximum absolute atomic E-state index is 14.1. The van der Waals surface area contributed by atoms with Crippen molar-refractivity contribution in [1.82, 2.24) is 36.9 Å². The summed E-state index contributed by atoms with van der Waals surface area (Å²) in [5, 5.41) is 26.0. The fourth-order valence-corrected chi connectivity index (χ4v) is 6.67. The van der Waals surface area contributed by atoms with E-state index >= 15 is 0 Å². The lowest BCUT2D eigenvalue weighted by Crippen LogP contribution is -2.60. The van der Waals surface area contributed by atoms with E-state index in [1.165, 1.54) is 0 Å². The Balaban J connectivity index is 2.43. The highest BCUT2D eigenvalue weighted by molar-refractivity contribution is 7.80. The number of carbonyl (C=O) groups is 8. The second-order valence-electron chi connectivity index (χ2n) is 15.2. The fourth-order valence-electron chi connectivity index (χ4n) is 6.50. The summed E-state index contributed by atoms with van der Waals surface area (Å²) in [5.74, 6) is -6.46. The molecule has 1 aromatic heterocycles. The van der Waals surface area contributed by atoms with Crippen molar-refractivity contribution in [3.8, 4) is 0 Å². The Hall–Kier alpha value is -5.33. The van der Waals surface area contributed by atoms with Gasteiger partial charge in [-0.25, -0.2) is 0 Å². The molecule has 2 aromatic rings. The number of primary amides is 2. The number of nitrogens with two attached hydrogens (primary N) is 6. The van der Waals surface area contributed by atoms with Crippen LogP contribution in [0.4, 0.5) is 0 Å². The maximum Gasteiger partial charge on any atom is 0.243 e. The summed E-state index contributed by atoms with van der Waals surface area (Å²) in [6.45, 7) is 0.0867. The number of hydrogen-bond acceptors (Lipinski definition) is 14. The van der Waals surface area contributed by atoms with E-state index in [-0.39, 0.29) is 57.4 Å². The molecule has 23 heteroatoms. The molecule has 8 amide bonds. The Kier molecular flexibility index (Phi) is 24.9. The molecular weight excluding hydrogens is 839 g/mol. The smallest absolute Gasteiger partial charge is 0.243 e. The summed E-state index contributed by atoms with van der Waals surface area (Å²) in [4.78, 5) is 109. The van der Waals surface area contributed by atoms with Gasteiger partial charge in [0.25, 0.3) is 0 Å². The first-order chi connectivity index (χ1) is 30.1. The van der Waals surface area contributed by atoms with Gasteiger partial charge in [0.1, 0.15) is 36.3 Å². The molecule has 0 fully saturated rings. The second kappa shape index (κ2) is 29.1. The summed E-state index contributed by atoms with van der Waals surface area (Å²) in [6, 6.07) is -1.69. The lowest BCUT2D eigenvalue weighted by molar-refractivity contribution is -0.136. The minimum atomic E-state index is -1.46. The van der Waals surface area contributed by atoms with Crippen LogP contribution in [0.5, 0.6) is 0 Å². The van der Waals surface area contributed by atoms with Crippen molar-refractivity contribution in [2.75, 3.05) is 32.0 Å². The summed E-state index contributed by atoms with van der Waals surface area (Å²) in [6.07, 6.45) is 3.90. The molecule has 20 N–H and O–H groups in total. The number of unbranched alkanes of at least 4 members (excludes halogenated alkanes) is 3. The molecule has 63 heavy (non-hydrogen) atoms. The van der Waals surface area contributed by atoms with E-state index in [1.807, 2.05) is 18.2 Å². The van der Waals surface area contributed by atoms with Crippen molar-refractivity contribution in [3.63, 3.8) is 0 Å². The van der Waals surface area contributed by atoms with E-state index in [2.05, 4.69) is 49.5 Å². The van der Waals surface area contributed by atoms with Crippen LogP contribution in [-0.4, -0.2) is 132 Å². The minimum Gasteiger partial charge on any atom is -0.394 e. The zero-order chi connectivity index (χ0) is 46.9. The third kappa shape index (κ3) is 18.9. The number of benzene rings is 1. The molecule has 1 heterocycles. The van der Waals surface area contributed by atoms with Gasteiger partial charge in [-0.3, -0.25) is 38.4 Å². The van der Waals surface area contributed by atoms with E-state index in [0.29, 0.717) is 50.6 Å². The van der Waals surface area contributed by atoms with E-state index in [0.717, 1.165) is 10.9 Å². The number of carbonyl (C=O) groups excluding carboxylic acids is 8. The Bertz CT molecular complexity index is 1820. The summed E-state index contributed by atoms with van der Waals surface area (Å²) >= 11 is 4.05. The molecule has 0 bridgehead atoms. The zero-order valence-corrected chi connectivity index (χ0v) is 36.5. The first-order valence-electron chi connectivity index (χ1n) is 21.1. The van der Waals surface area contributed by atoms with Crippen LogP contribution in [0, 0.1) is 0 Å². The standard InChI is InChI=1S/C40H67N13O9S/c41-16-6-3-11-27(48-35(57)25(44)22-63)36(58)49-28(12-4-7-17-42)37(59)51-30(14-15-33(45)55)39(61)50-29(13-5-8-18-43)38(60)52-31(40(62)53-32(21-54)34(46)56)19-23-20-47-26-10-2-1-9-24(23)26/h1-2,9-10,20,25,27-32,47,54,63H,3-8,11-19,21-22,41-44H2,(H2,45,55)(H2,46,56)(H,48,57)(H,49,58)(H,50,61)(H,51,59)(H,52,60)(H,53,62)/t25-,27-,28-,29-,30-,31-,32-/m0/s1. The Labute approximate surface area is 372 Å². The monoisotopic (exact) mass is 905 g/mol. The average molecular weight is 906 g/mol. The first-order valence-corrected chi connectivity index (χ1v) is 21.8. The molecule has 0 saturated heterocycles. The Morgan fingerprint density at radius 2 is 1.00 bits per heavy atom. The quantitative estimate of drug-likeness (QED) is 0.0246. The first kappa shape index (κ1) is 53.8. The third-order valence-electron chi connectivity index (χ3n) is 10.2. The van der Waals surface area contributed by atoms with Gasteiger partial charge < -0.3 is 76.4 Å². The molecule has 0 radical (unpaired) electrons. The van der Waals surface area contributed by atoms with Crippen LogP contribution in [0.15, 0.2) is 30.5 Å². The highest BCUT2D eigenvalue weighted by Crippen LogP contribution is 2.20. The van der Waals surface area contributed by atoms with Gasteiger partial charge in [0.2, 0.25) is 47.3 Å². The number of amides is 8. The molecule has 22 nitrogen and oxygen atoms in total. The highest BCUT2D eigenvalue weighted by Gasteiger charge is 2.34. The highest BCUT2D eigenvalue weighted by atomic mass is 32.1. The van der Waals surface area contributed by atoms with Crippen molar-refractivity contribution in [2.24, 2.45) is 34.4 Å². The van der Waals surface area contributed by atoms with Crippen LogP contribution in [-0.2, 0) is 44.8 Å². The molecule has 0 unspecified atom stereocenters. The lowest BCUT2D eigenvalue weighted by Gasteiger charge is -2.28. The Morgan fingerprint density at radius 3 is 1.43 bits per heavy atom. The number of hydrogen-bond donors (Lipinski definition) is 15.